The standard InChI is InChI=1S/C16H18ClN5O4/c1-24-15(23)13-12(9-26-8-7-19-22-18)20-16(25-2)21-14(13)10-5-3-4-6-11(10)17/h3-6,13-14H,7-9H2,1-2H3. The van der Waals surface area contributed by atoms with Crippen LogP contribution in [-0.4, -0.2) is 51.7 Å². The van der Waals surface area contributed by atoms with Crippen molar-refractivity contribution in [3.8, 4) is 0 Å². The molecule has 2 unspecified atom stereocenters. The maximum atomic E-state index is 12.4. The van der Waals surface area contributed by atoms with Gasteiger partial charge in [0.2, 0.25) is 0 Å². The van der Waals surface area contributed by atoms with Crippen molar-refractivity contribution in [3.63, 3.8) is 0 Å². The van der Waals surface area contributed by atoms with Gasteiger partial charge in [0.05, 0.1) is 33.1 Å². The number of aliphatic imine (C=N–C) groups is 2. The van der Waals surface area contributed by atoms with E-state index in [2.05, 4.69) is 20.0 Å². The Bertz CT molecular complexity index is 761. The van der Waals surface area contributed by atoms with Gasteiger partial charge < -0.3 is 14.2 Å². The molecule has 10 heteroatoms. The molecule has 26 heavy (non-hydrogen) atoms. The summed E-state index contributed by atoms with van der Waals surface area (Å²) in [5.41, 5.74) is 9.34. The second kappa shape index (κ2) is 9.76. The maximum Gasteiger partial charge on any atom is 0.317 e. The molecule has 0 aromatic heterocycles. The van der Waals surface area contributed by atoms with Gasteiger partial charge >= 0.3 is 12.0 Å². The molecule has 0 radical (unpaired) electrons. The average molecular weight is 380 g/mol. The van der Waals surface area contributed by atoms with Crippen LogP contribution in [0.25, 0.3) is 10.4 Å². The molecule has 0 saturated carbocycles. The van der Waals surface area contributed by atoms with Gasteiger partial charge in [-0.2, -0.15) is 0 Å². The van der Waals surface area contributed by atoms with Gasteiger partial charge in [-0.1, -0.05) is 34.9 Å². The largest absolute Gasteiger partial charge is 0.468 e. The van der Waals surface area contributed by atoms with Crippen LogP contribution in [0.5, 0.6) is 0 Å². The Kier molecular flexibility index (Phi) is 7.40. The van der Waals surface area contributed by atoms with Crippen LogP contribution in [0, 0.1) is 5.92 Å². The van der Waals surface area contributed by atoms with Crippen molar-refractivity contribution in [2.75, 3.05) is 34.0 Å². The number of hydrogen-bond donors (Lipinski definition) is 0. The summed E-state index contributed by atoms with van der Waals surface area (Å²) in [6.45, 7) is 0.392. The van der Waals surface area contributed by atoms with Crippen LogP contribution in [0.2, 0.25) is 5.02 Å². The van der Waals surface area contributed by atoms with Gasteiger partial charge in [-0.15, -0.1) is 0 Å². The zero-order valence-corrected chi connectivity index (χ0v) is 15.1. The highest BCUT2D eigenvalue weighted by Crippen LogP contribution is 2.35. The van der Waals surface area contributed by atoms with E-state index in [1.807, 2.05) is 0 Å². The fourth-order valence-corrected chi connectivity index (χ4v) is 2.75. The monoisotopic (exact) mass is 379 g/mol. The van der Waals surface area contributed by atoms with E-state index >= 15 is 0 Å². The molecule has 138 valence electrons. The van der Waals surface area contributed by atoms with Gasteiger partial charge in [-0.05, 0) is 17.2 Å². The van der Waals surface area contributed by atoms with E-state index in [0.29, 0.717) is 16.3 Å². The molecule has 9 nitrogen and oxygen atoms in total. The molecule has 1 aliphatic rings. The topological polar surface area (TPSA) is 118 Å². The number of methoxy groups -OCH3 is 2. The number of azide groups is 1. The maximum absolute atomic E-state index is 12.4. The summed E-state index contributed by atoms with van der Waals surface area (Å²) >= 11 is 6.29. The third kappa shape index (κ3) is 4.72. The molecule has 1 aromatic carbocycles. The molecule has 0 saturated heterocycles. The fraction of sp³-hybridized carbons (Fsp3) is 0.438. The van der Waals surface area contributed by atoms with E-state index < -0.39 is 17.9 Å². The smallest absolute Gasteiger partial charge is 0.317 e. The Labute approximate surface area is 155 Å². The number of benzene rings is 1. The van der Waals surface area contributed by atoms with Crippen molar-refractivity contribution in [3.05, 3.63) is 45.3 Å². The summed E-state index contributed by atoms with van der Waals surface area (Å²) in [5.74, 6) is -1.32. The van der Waals surface area contributed by atoms with E-state index in [-0.39, 0.29) is 25.8 Å². The Balaban J connectivity index is 2.33. The van der Waals surface area contributed by atoms with Crippen molar-refractivity contribution in [1.29, 1.82) is 0 Å². The predicted molar refractivity (Wildman–Crippen MR) is 96.4 cm³/mol. The van der Waals surface area contributed by atoms with Crippen molar-refractivity contribution < 1.29 is 19.0 Å². The summed E-state index contributed by atoms with van der Waals surface area (Å²) in [6.07, 6.45) is 0. The number of rotatable bonds is 7. The highest BCUT2D eigenvalue weighted by molar-refractivity contribution is 6.31. The van der Waals surface area contributed by atoms with Gasteiger partial charge in [0.15, 0.2) is 0 Å². The zero-order valence-electron chi connectivity index (χ0n) is 14.3. The Morgan fingerprint density at radius 3 is 2.81 bits per heavy atom. The first-order chi connectivity index (χ1) is 12.6. The van der Waals surface area contributed by atoms with Gasteiger partial charge in [0.25, 0.3) is 0 Å². The first-order valence-corrected chi connectivity index (χ1v) is 8.10. The second-order valence-electron chi connectivity index (χ2n) is 5.19. The van der Waals surface area contributed by atoms with Crippen LogP contribution in [0.3, 0.4) is 0 Å². The van der Waals surface area contributed by atoms with Crippen LogP contribution in [0.1, 0.15) is 11.6 Å². The van der Waals surface area contributed by atoms with Crippen molar-refractivity contribution in [1.82, 2.24) is 0 Å². The van der Waals surface area contributed by atoms with E-state index in [0.717, 1.165) is 0 Å². The molecular formula is C16H18ClN5O4. The van der Waals surface area contributed by atoms with Crippen molar-refractivity contribution >= 4 is 29.3 Å². The minimum absolute atomic E-state index is 0.0318. The molecule has 0 fully saturated rings. The number of hydrogen-bond acceptors (Lipinski definition) is 7. The summed E-state index contributed by atoms with van der Waals surface area (Å²) < 4.78 is 15.6. The van der Waals surface area contributed by atoms with Gasteiger partial charge in [-0.25, -0.2) is 9.98 Å². The number of halogens is 1. The minimum Gasteiger partial charge on any atom is -0.468 e. The SMILES string of the molecule is COC(=O)C1C(COCCN=[N+]=[N-])=NC(OC)=NC1c1ccccc1Cl. The minimum atomic E-state index is -0.807. The number of ether oxygens (including phenoxy) is 3. The third-order valence-electron chi connectivity index (χ3n) is 3.67. The molecule has 0 amide bonds. The van der Waals surface area contributed by atoms with Gasteiger partial charge in [0.1, 0.15) is 12.0 Å². The number of nitrogens with zero attached hydrogens (tertiary/aromatic N) is 5. The van der Waals surface area contributed by atoms with Crippen LogP contribution < -0.4 is 0 Å². The molecule has 1 aliphatic heterocycles. The summed E-state index contributed by atoms with van der Waals surface area (Å²) in [4.78, 5) is 23.7. The number of carbonyl (C=O) groups is 1. The molecule has 0 bridgehead atoms. The molecule has 1 aromatic rings. The third-order valence-corrected chi connectivity index (χ3v) is 4.02. The highest BCUT2D eigenvalue weighted by atomic mass is 35.5. The normalized spacial score (nSPS) is 19.0. The average Bonchev–Trinajstić information content (AvgIpc) is 2.67. The summed E-state index contributed by atoms with van der Waals surface area (Å²) in [5, 5.41) is 3.86. The first kappa shape index (κ1) is 19.7. The Morgan fingerprint density at radius 2 is 2.15 bits per heavy atom. The van der Waals surface area contributed by atoms with Gasteiger partial charge in [0, 0.05) is 16.5 Å². The van der Waals surface area contributed by atoms with Crippen LogP contribution in [0.15, 0.2) is 39.4 Å². The van der Waals surface area contributed by atoms with Crippen LogP contribution in [0.4, 0.5) is 0 Å². The Morgan fingerprint density at radius 1 is 1.38 bits per heavy atom. The lowest BCUT2D eigenvalue weighted by atomic mass is 9.88. The molecule has 2 rings (SSSR count). The zero-order chi connectivity index (χ0) is 18.9. The molecule has 0 spiro atoms. The molecule has 0 aliphatic carbocycles. The number of amidine groups is 1. The second-order valence-corrected chi connectivity index (χ2v) is 5.60. The predicted octanol–water partition coefficient (Wildman–Crippen LogP) is 2.95. The lowest BCUT2D eigenvalue weighted by molar-refractivity contribution is -0.143. The fourth-order valence-electron chi connectivity index (χ4n) is 2.50. The van der Waals surface area contributed by atoms with E-state index in [4.69, 9.17) is 31.3 Å². The van der Waals surface area contributed by atoms with Crippen LogP contribution >= 0.6 is 11.6 Å². The van der Waals surface area contributed by atoms with E-state index in [9.17, 15) is 4.79 Å². The lowest BCUT2D eigenvalue weighted by Crippen LogP contribution is -2.37. The van der Waals surface area contributed by atoms with Crippen molar-refractivity contribution in [2.24, 2.45) is 21.0 Å². The summed E-state index contributed by atoms with van der Waals surface area (Å²) in [6, 6.07) is 6.55. The summed E-state index contributed by atoms with van der Waals surface area (Å²) in [7, 11) is 2.73. The number of esters is 1. The van der Waals surface area contributed by atoms with Gasteiger partial charge in [-0.3, -0.25) is 4.79 Å². The Hall–Kier alpha value is -2.61. The van der Waals surface area contributed by atoms with E-state index in [1.165, 1.54) is 14.2 Å². The first-order valence-electron chi connectivity index (χ1n) is 7.72. The highest BCUT2D eigenvalue weighted by Gasteiger charge is 2.39. The van der Waals surface area contributed by atoms with Crippen LogP contribution in [-0.2, 0) is 19.0 Å². The molecule has 1 heterocycles. The number of carbonyl (C=O) groups excluding carboxylic acids is 1. The van der Waals surface area contributed by atoms with Crippen molar-refractivity contribution in [2.45, 2.75) is 6.04 Å². The molecular weight excluding hydrogens is 362 g/mol. The molecule has 2 atom stereocenters. The molecule has 0 N–H and O–H groups in total. The van der Waals surface area contributed by atoms with E-state index in [1.54, 1.807) is 24.3 Å². The quantitative estimate of drug-likeness (QED) is 0.238. The lowest BCUT2D eigenvalue weighted by Gasteiger charge is -2.28.